The van der Waals surface area contributed by atoms with E-state index in [-0.39, 0.29) is 11.7 Å². The summed E-state index contributed by atoms with van der Waals surface area (Å²) in [6.07, 6.45) is 4.06. The van der Waals surface area contributed by atoms with Gasteiger partial charge in [0, 0.05) is 7.11 Å². The zero-order valence-electron chi connectivity index (χ0n) is 10.3. The molecule has 0 aromatic carbocycles. The number of hydrogen-bond donors (Lipinski definition) is 1. The Morgan fingerprint density at radius 1 is 1.21 bits per heavy atom. The van der Waals surface area contributed by atoms with Crippen LogP contribution in [0.1, 0.15) is 53.4 Å². The highest BCUT2D eigenvalue weighted by Gasteiger charge is 2.16. The average molecular weight is 202 g/mol. The molecule has 2 nitrogen and oxygen atoms in total. The van der Waals surface area contributed by atoms with Gasteiger partial charge in [0.15, 0.2) is 0 Å². The lowest BCUT2D eigenvalue weighted by atomic mass is 9.97. The minimum Gasteiger partial charge on any atom is -0.393 e. The smallest absolute Gasteiger partial charge is 0.0622 e. The van der Waals surface area contributed by atoms with Crippen LogP contribution in [-0.4, -0.2) is 23.9 Å². The maximum atomic E-state index is 9.58. The van der Waals surface area contributed by atoms with Gasteiger partial charge in [0.1, 0.15) is 0 Å². The highest BCUT2D eigenvalue weighted by Crippen LogP contribution is 2.18. The lowest BCUT2D eigenvalue weighted by Gasteiger charge is -2.23. The minimum atomic E-state index is -0.138. The van der Waals surface area contributed by atoms with Crippen molar-refractivity contribution < 1.29 is 9.84 Å². The van der Waals surface area contributed by atoms with E-state index >= 15 is 0 Å². The molecule has 1 atom stereocenters. The molecule has 0 saturated carbocycles. The first-order valence-electron chi connectivity index (χ1n) is 5.62. The van der Waals surface area contributed by atoms with E-state index in [1.165, 1.54) is 0 Å². The molecule has 0 aliphatic heterocycles. The molecule has 86 valence electrons. The van der Waals surface area contributed by atoms with Gasteiger partial charge in [0.05, 0.1) is 11.7 Å². The summed E-state index contributed by atoms with van der Waals surface area (Å²) in [5.74, 6) is 0.380. The first-order valence-corrected chi connectivity index (χ1v) is 5.62. The molecule has 0 aliphatic rings. The third-order valence-electron chi connectivity index (χ3n) is 2.85. The fraction of sp³-hybridized carbons (Fsp3) is 1.00. The van der Waals surface area contributed by atoms with Gasteiger partial charge in [-0.25, -0.2) is 0 Å². The van der Waals surface area contributed by atoms with E-state index in [4.69, 9.17) is 4.74 Å². The summed E-state index contributed by atoms with van der Waals surface area (Å²) in [6.45, 7) is 8.32. The number of ether oxygens (including phenoxy) is 1. The molecule has 0 rings (SSSR count). The quantitative estimate of drug-likeness (QED) is 0.643. The number of hydrogen-bond acceptors (Lipinski definition) is 2. The Kier molecular flexibility index (Phi) is 6.38. The largest absolute Gasteiger partial charge is 0.393 e. The molecular weight excluding hydrogens is 176 g/mol. The number of rotatable bonds is 7. The molecule has 2 heteroatoms. The van der Waals surface area contributed by atoms with Gasteiger partial charge in [-0.05, 0) is 32.6 Å². The Hall–Kier alpha value is -0.0800. The Balaban J connectivity index is 3.47. The number of aliphatic hydroxyl groups excluding tert-OH is 1. The van der Waals surface area contributed by atoms with Crippen molar-refractivity contribution in [3.63, 3.8) is 0 Å². The van der Waals surface area contributed by atoms with E-state index in [0.29, 0.717) is 5.92 Å². The van der Waals surface area contributed by atoms with Crippen molar-refractivity contribution in [1.29, 1.82) is 0 Å². The van der Waals surface area contributed by atoms with Gasteiger partial charge in [-0.3, -0.25) is 0 Å². The van der Waals surface area contributed by atoms with Gasteiger partial charge < -0.3 is 9.84 Å². The van der Waals surface area contributed by atoms with Crippen LogP contribution in [0.4, 0.5) is 0 Å². The number of unbranched alkanes of at least 4 members (excludes halogenated alkanes) is 1. The Labute approximate surface area is 88.7 Å². The van der Waals surface area contributed by atoms with E-state index in [2.05, 4.69) is 27.7 Å². The molecular formula is C12H26O2. The van der Waals surface area contributed by atoms with E-state index < -0.39 is 0 Å². The van der Waals surface area contributed by atoms with Crippen molar-refractivity contribution in [2.24, 2.45) is 5.92 Å². The zero-order valence-corrected chi connectivity index (χ0v) is 10.3. The first kappa shape index (κ1) is 13.9. The molecule has 0 fully saturated rings. The van der Waals surface area contributed by atoms with Crippen LogP contribution in [0.2, 0.25) is 0 Å². The van der Waals surface area contributed by atoms with Crippen LogP contribution in [-0.2, 0) is 4.74 Å². The highest BCUT2D eigenvalue weighted by atomic mass is 16.5. The predicted molar refractivity (Wildman–Crippen MR) is 60.4 cm³/mol. The third-order valence-corrected chi connectivity index (χ3v) is 2.85. The molecule has 0 bridgehead atoms. The molecule has 0 spiro atoms. The molecule has 1 unspecified atom stereocenters. The van der Waals surface area contributed by atoms with Crippen LogP contribution in [0.15, 0.2) is 0 Å². The fourth-order valence-electron chi connectivity index (χ4n) is 1.34. The molecule has 0 aromatic heterocycles. The van der Waals surface area contributed by atoms with E-state index in [0.717, 1.165) is 25.7 Å². The minimum absolute atomic E-state index is 0.0111. The second-order valence-electron chi connectivity index (χ2n) is 5.02. The molecule has 0 aliphatic carbocycles. The van der Waals surface area contributed by atoms with E-state index in [1.807, 2.05) is 0 Å². The van der Waals surface area contributed by atoms with Crippen LogP contribution in [0, 0.1) is 5.92 Å². The van der Waals surface area contributed by atoms with Crippen molar-refractivity contribution in [3.05, 3.63) is 0 Å². The summed E-state index contributed by atoms with van der Waals surface area (Å²) in [6, 6.07) is 0. The molecule has 1 N–H and O–H groups in total. The van der Waals surface area contributed by atoms with Gasteiger partial charge in [0.25, 0.3) is 0 Å². The normalized spacial score (nSPS) is 14.8. The second kappa shape index (κ2) is 6.41. The van der Waals surface area contributed by atoms with Gasteiger partial charge in [-0.2, -0.15) is 0 Å². The van der Waals surface area contributed by atoms with Crippen molar-refractivity contribution in [3.8, 4) is 0 Å². The summed E-state index contributed by atoms with van der Waals surface area (Å²) in [4.78, 5) is 0. The Morgan fingerprint density at radius 3 is 2.21 bits per heavy atom. The molecule has 0 amide bonds. The van der Waals surface area contributed by atoms with Crippen LogP contribution in [0.25, 0.3) is 0 Å². The van der Waals surface area contributed by atoms with Crippen LogP contribution >= 0.6 is 0 Å². The van der Waals surface area contributed by atoms with Crippen LogP contribution in [0.3, 0.4) is 0 Å². The van der Waals surface area contributed by atoms with E-state index in [1.54, 1.807) is 7.11 Å². The summed E-state index contributed by atoms with van der Waals surface area (Å²) < 4.78 is 5.33. The summed E-state index contributed by atoms with van der Waals surface area (Å²) >= 11 is 0. The lowest BCUT2D eigenvalue weighted by Crippen LogP contribution is -2.22. The number of methoxy groups -OCH3 is 1. The maximum absolute atomic E-state index is 9.58. The third kappa shape index (κ3) is 6.39. The van der Waals surface area contributed by atoms with Crippen molar-refractivity contribution in [1.82, 2.24) is 0 Å². The topological polar surface area (TPSA) is 29.5 Å². The standard InChI is InChI=1S/C12H26O2/c1-10(2)11(13)8-6-7-9-12(3,4)14-5/h10-11,13H,6-9H2,1-5H3. The average Bonchev–Trinajstić information content (AvgIpc) is 2.12. The van der Waals surface area contributed by atoms with Gasteiger partial charge in [-0.1, -0.05) is 26.7 Å². The highest BCUT2D eigenvalue weighted by molar-refractivity contribution is 4.68. The van der Waals surface area contributed by atoms with Gasteiger partial charge in [-0.15, -0.1) is 0 Å². The summed E-state index contributed by atoms with van der Waals surface area (Å²) in [5, 5.41) is 9.58. The maximum Gasteiger partial charge on any atom is 0.0622 e. The van der Waals surface area contributed by atoms with Crippen molar-refractivity contribution >= 4 is 0 Å². The fourth-order valence-corrected chi connectivity index (χ4v) is 1.34. The lowest BCUT2D eigenvalue weighted by molar-refractivity contribution is 0.0121. The molecule has 14 heavy (non-hydrogen) atoms. The Bertz CT molecular complexity index is 141. The second-order valence-corrected chi connectivity index (χ2v) is 5.02. The molecule has 0 heterocycles. The molecule has 0 radical (unpaired) electrons. The van der Waals surface area contributed by atoms with Crippen LogP contribution in [0.5, 0.6) is 0 Å². The van der Waals surface area contributed by atoms with Crippen LogP contribution < -0.4 is 0 Å². The zero-order chi connectivity index (χ0) is 11.2. The van der Waals surface area contributed by atoms with Crippen molar-refractivity contribution in [2.45, 2.75) is 65.1 Å². The summed E-state index contributed by atoms with van der Waals surface area (Å²) in [5.41, 5.74) is -0.0111. The summed E-state index contributed by atoms with van der Waals surface area (Å²) in [7, 11) is 1.75. The predicted octanol–water partition coefficient (Wildman–Crippen LogP) is 2.99. The molecule has 0 aromatic rings. The Morgan fingerprint density at radius 2 is 1.79 bits per heavy atom. The van der Waals surface area contributed by atoms with E-state index in [9.17, 15) is 5.11 Å². The monoisotopic (exact) mass is 202 g/mol. The SMILES string of the molecule is COC(C)(C)CCCCC(O)C(C)C. The van der Waals surface area contributed by atoms with Gasteiger partial charge >= 0.3 is 0 Å². The van der Waals surface area contributed by atoms with Crippen molar-refractivity contribution in [2.75, 3.05) is 7.11 Å². The number of aliphatic hydroxyl groups is 1. The van der Waals surface area contributed by atoms with Gasteiger partial charge in [0.2, 0.25) is 0 Å². The molecule has 0 saturated heterocycles. The first-order chi connectivity index (χ1) is 6.39.